The maximum absolute atomic E-state index is 13.4. The van der Waals surface area contributed by atoms with Gasteiger partial charge < -0.3 is 14.8 Å². The number of aromatic amines is 1. The number of hydrogen-bond donors (Lipinski definition) is 2. The van der Waals surface area contributed by atoms with Crippen molar-refractivity contribution in [1.82, 2.24) is 9.88 Å². The minimum atomic E-state index is -1.28. The number of hydrogen-bond acceptors (Lipinski definition) is 7. The number of thioether (sulfide) groups is 1. The Morgan fingerprint density at radius 3 is 2.60 bits per heavy atom. The number of nitrogens with zero attached hydrogens (tertiary/aromatic N) is 1. The molecule has 0 spiro atoms. The summed E-state index contributed by atoms with van der Waals surface area (Å²) in [5.41, 5.74) is 2.63. The lowest BCUT2D eigenvalue weighted by Gasteiger charge is -2.31. The molecular weight excluding hydrogens is 512 g/mol. The minimum absolute atomic E-state index is 0.263. The number of aromatic nitrogens is 1. The van der Waals surface area contributed by atoms with Gasteiger partial charge in [0.05, 0.1) is 10.9 Å². The molecule has 1 saturated heterocycles. The van der Waals surface area contributed by atoms with Crippen LogP contribution >= 0.6 is 34.7 Å². The number of ether oxygens (including phenoxy) is 1. The molecule has 8 nitrogen and oxygen atoms in total. The Labute approximate surface area is 212 Å². The van der Waals surface area contributed by atoms with Gasteiger partial charge in [-0.3, -0.25) is 24.1 Å². The van der Waals surface area contributed by atoms with Crippen molar-refractivity contribution in [1.29, 1.82) is 0 Å². The second kappa shape index (κ2) is 9.18. The normalized spacial score (nSPS) is 21.1. The SMILES string of the molecule is Cc1ccc(COc2ccc(Cl)cc2[C@H]2c3sc(=O)[nH]c3SC3C(=O)N(CC(=O)O)C(=O)C32)cc1. The topological polar surface area (TPSA) is 117 Å². The lowest BCUT2D eigenvalue weighted by Crippen LogP contribution is -2.36. The molecular formula is C24H19ClN2O6S2. The molecule has 0 aliphatic carbocycles. The molecule has 11 heteroatoms. The number of carboxylic acids is 1. The van der Waals surface area contributed by atoms with Crippen molar-refractivity contribution in [2.45, 2.75) is 29.7 Å². The number of rotatable bonds is 6. The molecule has 3 atom stereocenters. The Kier molecular flexibility index (Phi) is 6.20. The first-order valence-corrected chi connectivity index (χ1v) is 12.7. The largest absolute Gasteiger partial charge is 0.489 e. The van der Waals surface area contributed by atoms with Gasteiger partial charge in [0.25, 0.3) is 0 Å². The molecule has 1 aromatic heterocycles. The third-order valence-electron chi connectivity index (χ3n) is 6.03. The fraction of sp³-hybridized carbons (Fsp3) is 0.250. The maximum Gasteiger partial charge on any atom is 0.323 e. The third-order valence-corrected chi connectivity index (χ3v) is 8.67. The van der Waals surface area contributed by atoms with E-state index in [4.69, 9.17) is 16.3 Å². The summed E-state index contributed by atoms with van der Waals surface area (Å²) in [5.74, 6) is -3.59. The molecule has 3 heterocycles. The number of halogens is 1. The molecule has 180 valence electrons. The number of benzene rings is 2. The smallest absolute Gasteiger partial charge is 0.323 e. The summed E-state index contributed by atoms with van der Waals surface area (Å²) >= 11 is 8.39. The Hall–Kier alpha value is -3.08. The summed E-state index contributed by atoms with van der Waals surface area (Å²) in [7, 11) is 0. The van der Waals surface area contributed by atoms with Crippen LogP contribution in [0, 0.1) is 12.8 Å². The van der Waals surface area contributed by atoms with Crippen LogP contribution in [-0.4, -0.2) is 44.6 Å². The summed E-state index contributed by atoms with van der Waals surface area (Å²) < 4.78 is 6.14. The van der Waals surface area contributed by atoms with Crippen molar-refractivity contribution in [2.75, 3.05) is 6.54 Å². The van der Waals surface area contributed by atoms with Crippen LogP contribution in [0.4, 0.5) is 0 Å². The number of amides is 2. The molecule has 2 aromatic carbocycles. The molecule has 2 aliphatic heterocycles. The van der Waals surface area contributed by atoms with Gasteiger partial charge in [0.15, 0.2) is 0 Å². The summed E-state index contributed by atoms with van der Waals surface area (Å²) in [6.07, 6.45) is 0. The first-order valence-electron chi connectivity index (χ1n) is 10.7. The standard InChI is InChI=1S/C24H19ClN2O6S2/c1-11-2-4-12(5-3-11)10-33-15-7-6-13(25)8-14(15)17-18-20(34-21-19(17)35-24(32)26-21)23(31)27(22(18)30)9-16(28)29/h2-8,17-18,20H,9-10H2,1H3,(H,26,32)(H,28,29)/t17-,18?,20?/m1/s1. The lowest BCUT2D eigenvalue weighted by atomic mass is 9.82. The summed E-state index contributed by atoms with van der Waals surface area (Å²) in [4.78, 5) is 53.8. The molecule has 0 saturated carbocycles. The Morgan fingerprint density at radius 2 is 1.89 bits per heavy atom. The van der Waals surface area contributed by atoms with E-state index < -0.39 is 41.4 Å². The van der Waals surface area contributed by atoms with Crippen LogP contribution in [0.3, 0.4) is 0 Å². The molecule has 2 amide bonds. The van der Waals surface area contributed by atoms with Crippen LogP contribution in [-0.2, 0) is 21.0 Å². The highest BCUT2D eigenvalue weighted by Crippen LogP contribution is 2.54. The molecule has 1 fully saturated rings. The second-order valence-corrected chi connectivity index (χ2v) is 11.0. The van der Waals surface area contributed by atoms with Crippen LogP contribution in [0.1, 0.15) is 27.5 Å². The van der Waals surface area contributed by atoms with E-state index in [2.05, 4.69) is 4.98 Å². The third kappa shape index (κ3) is 4.37. The van der Waals surface area contributed by atoms with E-state index >= 15 is 0 Å². The van der Waals surface area contributed by atoms with Crippen molar-refractivity contribution < 1.29 is 24.2 Å². The summed E-state index contributed by atoms with van der Waals surface area (Å²) in [6.45, 7) is 1.54. The van der Waals surface area contributed by atoms with Gasteiger partial charge in [0, 0.05) is 21.4 Å². The van der Waals surface area contributed by atoms with Crippen LogP contribution in [0.2, 0.25) is 5.02 Å². The zero-order valence-electron chi connectivity index (χ0n) is 18.3. The number of nitrogens with one attached hydrogen (secondary N) is 1. The average Bonchev–Trinajstić information content (AvgIpc) is 3.29. The number of carbonyl (C=O) groups excluding carboxylic acids is 2. The fourth-order valence-corrected chi connectivity index (χ4v) is 7.15. The van der Waals surface area contributed by atoms with E-state index in [0.29, 0.717) is 26.2 Å². The van der Waals surface area contributed by atoms with Gasteiger partial charge >= 0.3 is 10.8 Å². The van der Waals surface area contributed by atoms with E-state index in [1.165, 1.54) is 0 Å². The van der Waals surface area contributed by atoms with Crippen molar-refractivity contribution in [3.8, 4) is 5.75 Å². The maximum atomic E-state index is 13.4. The first kappa shape index (κ1) is 23.7. The number of imide groups is 1. The van der Waals surface area contributed by atoms with Gasteiger partial charge in [0.1, 0.15) is 24.2 Å². The summed E-state index contributed by atoms with van der Waals surface area (Å²) in [5, 5.41) is 9.27. The molecule has 2 unspecified atom stereocenters. The number of carboxylic acid groups (broad SMARTS) is 1. The van der Waals surface area contributed by atoms with Crippen molar-refractivity contribution in [3.63, 3.8) is 0 Å². The van der Waals surface area contributed by atoms with Gasteiger partial charge in [-0.05, 0) is 30.7 Å². The number of carbonyl (C=O) groups is 3. The fourth-order valence-electron chi connectivity index (χ4n) is 4.44. The number of H-pyrrole nitrogens is 1. The highest BCUT2D eigenvalue weighted by Gasteiger charge is 2.56. The molecule has 35 heavy (non-hydrogen) atoms. The number of aryl methyl sites for hydroxylation is 1. The van der Waals surface area contributed by atoms with Crippen LogP contribution < -0.4 is 9.61 Å². The van der Waals surface area contributed by atoms with Crippen molar-refractivity contribution in [2.24, 2.45) is 5.92 Å². The zero-order valence-corrected chi connectivity index (χ0v) is 20.7. The second-order valence-electron chi connectivity index (χ2n) is 8.36. The molecule has 2 aliphatic rings. The number of aliphatic carboxylic acids is 1. The van der Waals surface area contributed by atoms with E-state index in [0.717, 1.165) is 39.1 Å². The van der Waals surface area contributed by atoms with Gasteiger partial charge in [-0.2, -0.15) is 0 Å². The summed E-state index contributed by atoms with van der Waals surface area (Å²) in [6, 6.07) is 12.9. The Balaban J connectivity index is 1.58. The minimum Gasteiger partial charge on any atom is -0.489 e. The number of thiazole rings is 1. The van der Waals surface area contributed by atoms with Crippen LogP contribution in [0.5, 0.6) is 5.75 Å². The number of likely N-dealkylation sites (tertiary alicyclic amines) is 1. The van der Waals surface area contributed by atoms with Crippen molar-refractivity contribution >= 4 is 52.5 Å². The Morgan fingerprint density at radius 1 is 1.14 bits per heavy atom. The molecule has 3 aromatic rings. The van der Waals surface area contributed by atoms with E-state index in [9.17, 15) is 24.3 Å². The predicted octanol–water partition coefficient (Wildman–Crippen LogP) is 3.65. The van der Waals surface area contributed by atoms with Crippen LogP contribution in [0.25, 0.3) is 0 Å². The average molecular weight is 531 g/mol. The van der Waals surface area contributed by atoms with Gasteiger partial charge in [-0.25, -0.2) is 0 Å². The van der Waals surface area contributed by atoms with Gasteiger partial charge in [-0.1, -0.05) is 64.5 Å². The lowest BCUT2D eigenvalue weighted by molar-refractivity contribution is -0.149. The Bertz CT molecular complexity index is 1400. The number of fused-ring (bicyclic) bond motifs is 2. The van der Waals surface area contributed by atoms with Crippen LogP contribution in [0.15, 0.2) is 52.3 Å². The molecule has 5 rings (SSSR count). The highest BCUT2D eigenvalue weighted by atomic mass is 35.5. The highest BCUT2D eigenvalue weighted by molar-refractivity contribution is 8.00. The zero-order chi connectivity index (χ0) is 24.9. The molecule has 0 radical (unpaired) electrons. The van der Waals surface area contributed by atoms with Gasteiger partial charge in [-0.15, -0.1) is 0 Å². The van der Waals surface area contributed by atoms with Crippen molar-refractivity contribution in [3.05, 3.63) is 78.7 Å². The van der Waals surface area contributed by atoms with Gasteiger partial charge in [0.2, 0.25) is 11.8 Å². The monoisotopic (exact) mass is 530 g/mol. The molecule has 2 N–H and O–H groups in total. The quantitative estimate of drug-likeness (QED) is 0.467. The van der Waals surface area contributed by atoms with E-state index in [-0.39, 0.29) is 11.5 Å². The first-order chi connectivity index (χ1) is 16.7. The molecule has 0 bridgehead atoms. The van der Waals surface area contributed by atoms with E-state index in [1.54, 1.807) is 18.2 Å². The van der Waals surface area contributed by atoms with E-state index in [1.807, 2.05) is 31.2 Å². The predicted molar refractivity (Wildman–Crippen MR) is 131 cm³/mol.